The molecule has 0 saturated heterocycles. The summed E-state index contributed by atoms with van der Waals surface area (Å²) in [6.07, 6.45) is 1.76. The quantitative estimate of drug-likeness (QED) is 0.392. The molecule has 0 spiro atoms. The van der Waals surface area contributed by atoms with Crippen molar-refractivity contribution in [2.45, 2.75) is 10.9 Å². The summed E-state index contributed by atoms with van der Waals surface area (Å²) in [5, 5.41) is 4.90. The zero-order chi connectivity index (χ0) is 16.7. The number of rotatable bonds is 3. The van der Waals surface area contributed by atoms with Crippen molar-refractivity contribution >= 4 is 55.8 Å². The number of aromatic nitrogens is 3. The molecule has 0 N–H and O–H groups in total. The Hall–Kier alpha value is -1.89. The van der Waals surface area contributed by atoms with Gasteiger partial charge in [0.1, 0.15) is 4.83 Å². The van der Waals surface area contributed by atoms with Crippen LogP contribution in [0.2, 0.25) is 5.02 Å². The van der Waals surface area contributed by atoms with Crippen molar-refractivity contribution in [2.75, 3.05) is 0 Å². The Morgan fingerprint density at radius 3 is 3.00 bits per heavy atom. The normalized spacial score (nSPS) is 11.4. The largest absolute Gasteiger partial charge is 0.290 e. The van der Waals surface area contributed by atoms with Crippen LogP contribution in [0.25, 0.3) is 21.1 Å². The summed E-state index contributed by atoms with van der Waals surface area (Å²) in [6, 6.07) is 9.52. The highest BCUT2D eigenvalue weighted by Gasteiger charge is 2.11. The van der Waals surface area contributed by atoms with Gasteiger partial charge in [-0.3, -0.25) is 14.3 Å². The lowest BCUT2D eigenvalue weighted by Crippen LogP contribution is -2.19. The van der Waals surface area contributed by atoms with Crippen LogP contribution in [0.5, 0.6) is 0 Å². The van der Waals surface area contributed by atoms with Gasteiger partial charge in [-0.05, 0) is 35.2 Å². The maximum Gasteiger partial charge on any atom is 0.262 e. The van der Waals surface area contributed by atoms with E-state index in [-0.39, 0.29) is 5.56 Å². The van der Waals surface area contributed by atoms with Gasteiger partial charge in [-0.1, -0.05) is 29.4 Å². The maximum atomic E-state index is 12.4. The van der Waals surface area contributed by atoms with Gasteiger partial charge in [0.05, 0.1) is 10.9 Å². The standard InChI is InChI=1S/C17H12ClN3OS2/c1-21-16(22)12-6-8-23-15(12)20-17(21)24-9-10-4-5-13(18)11-3-2-7-19-14(10)11/h2-8H,9H2,1H3. The summed E-state index contributed by atoms with van der Waals surface area (Å²) in [5.74, 6) is 0.668. The molecule has 7 heteroatoms. The zero-order valence-corrected chi connectivity index (χ0v) is 15.1. The number of thioether (sulfide) groups is 1. The number of benzene rings is 1. The van der Waals surface area contributed by atoms with Crippen molar-refractivity contribution in [3.63, 3.8) is 0 Å². The summed E-state index contributed by atoms with van der Waals surface area (Å²) >= 11 is 9.25. The van der Waals surface area contributed by atoms with Crippen molar-refractivity contribution in [1.29, 1.82) is 0 Å². The van der Waals surface area contributed by atoms with E-state index in [2.05, 4.69) is 9.97 Å². The second-order valence-electron chi connectivity index (χ2n) is 5.29. The summed E-state index contributed by atoms with van der Waals surface area (Å²) < 4.78 is 1.60. The molecule has 3 heterocycles. The van der Waals surface area contributed by atoms with Crippen LogP contribution < -0.4 is 5.56 Å². The van der Waals surface area contributed by atoms with Crippen LogP contribution in [0.15, 0.2) is 51.9 Å². The van der Waals surface area contributed by atoms with E-state index < -0.39 is 0 Å². The van der Waals surface area contributed by atoms with Crippen molar-refractivity contribution in [1.82, 2.24) is 14.5 Å². The fraction of sp³-hybridized carbons (Fsp3) is 0.118. The lowest BCUT2D eigenvalue weighted by molar-refractivity contribution is 0.728. The molecule has 120 valence electrons. The van der Waals surface area contributed by atoms with E-state index in [4.69, 9.17) is 11.6 Å². The van der Waals surface area contributed by atoms with Gasteiger partial charge in [0.15, 0.2) is 5.16 Å². The van der Waals surface area contributed by atoms with Crippen LogP contribution >= 0.6 is 34.7 Å². The molecule has 0 aliphatic heterocycles. The van der Waals surface area contributed by atoms with E-state index in [1.807, 2.05) is 35.7 Å². The van der Waals surface area contributed by atoms with E-state index >= 15 is 0 Å². The number of hydrogen-bond donors (Lipinski definition) is 0. The SMILES string of the molecule is Cn1c(SCc2ccc(Cl)c3cccnc23)nc2sccc2c1=O. The van der Waals surface area contributed by atoms with Gasteiger partial charge in [-0.2, -0.15) is 0 Å². The first-order valence-corrected chi connectivity index (χ1v) is 9.48. The van der Waals surface area contributed by atoms with E-state index in [1.54, 1.807) is 17.8 Å². The van der Waals surface area contributed by atoms with Crippen LogP contribution in [-0.2, 0) is 12.8 Å². The van der Waals surface area contributed by atoms with Gasteiger partial charge in [0.25, 0.3) is 5.56 Å². The molecule has 4 rings (SSSR count). The number of hydrogen-bond acceptors (Lipinski definition) is 5. The van der Waals surface area contributed by atoms with Crippen molar-refractivity contribution in [2.24, 2.45) is 7.05 Å². The monoisotopic (exact) mass is 373 g/mol. The molecule has 3 aromatic heterocycles. The van der Waals surface area contributed by atoms with E-state index in [1.165, 1.54) is 23.1 Å². The van der Waals surface area contributed by atoms with Crippen LogP contribution in [-0.4, -0.2) is 14.5 Å². The minimum atomic E-state index is -0.0113. The Morgan fingerprint density at radius 1 is 1.25 bits per heavy atom. The lowest BCUT2D eigenvalue weighted by atomic mass is 10.1. The van der Waals surface area contributed by atoms with Gasteiger partial charge in [0.2, 0.25) is 0 Å². The highest BCUT2D eigenvalue weighted by atomic mass is 35.5. The molecule has 0 fully saturated rings. The predicted octanol–water partition coefficient (Wildman–Crippen LogP) is 4.49. The second kappa shape index (κ2) is 6.20. The molecule has 0 radical (unpaired) electrons. The Balaban J connectivity index is 1.72. The van der Waals surface area contributed by atoms with Gasteiger partial charge in [-0.15, -0.1) is 11.3 Å². The molecule has 0 aliphatic rings. The third-order valence-electron chi connectivity index (χ3n) is 3.82. The first-order valence-electron chi connectivity index (χ1n) is 7.24. The fourth-order valence-corrected chi connectivity index (χ4v) is 4.54. The zero-order valence-electron chi connectivity index (χ0n) is 12.7. The fourth-order valence-electron chi connectivity index (χ4n) is 2.56. The highest BCUT2D eigenvalue weighted by Crippen LogP contribution is 2.29. The predicted molar refractivity (Wildman–Crippen MR) is 101 cm³/mol. The van der Waals surface area contributed by atoms with Crippen molar-refractivity contribution in [3.8, 4) is 0 Å². The minimum Gasteiger partial charge on any atom is -0.290 e. The number of thiophene rings is 1. The summed E-state index contributed by atoms with van der Waals surface area (Å²) in [6.45, 7) is 0. The molecule has 0 unspecified atom stereocenters. The molecule has 0 amide bonds. The Morgan fingerprint density at radius 2 is 2.12 bits per heavy atom. The molecule has 0 saturated carbocycles. The molecule has 1 aromatic carbocycles. The molecular weight excluding hydrogens is 362 g/mol. The van der Waals surface area contributed by atoms with Crippen LogP contribution in [0.3, 0.4) is 0 Å². The van der Waals surface area contributed by atoms with Crippen LogP contribution in [0.4, 0.5) is 0 Å². The number of fused-ring (bicyclic) bond motifs is 2. The molecule has 0 aliphatic carbocycles. The second-order valence-corrected chi connectivity index (χ2v) is 7.54. The average Bonchev–Trinajstić information content (AvgIpc) is 3.07. The lowest BCUT2D eigenvalue weighted by Gasteiger charge is -2.09. The Labute approximate surface area is 151 Å². The first-order chi connectivity index (χ1) is 11.6. The van der Waals surface area contributed by atoms with Crippen molar-refractivity contribution < 1.29 is 0 Å². The average molecular weight is 374 g/mol. The molecular formula is C17H12ClN3OS2. The number of pyridine rings is 1. The third-order valence-corrected chi connectivity index (χ3v) is 6.04. The van der Waals surface area contributed by atoms with Crippen molar-refractivity contribution in [3.05, 3.63) is 62.8 Å². The van der Waals surface area contributed by atoms with Crippen LogP contribution in [0, 0.1) is 0 Å². The number of nitrogens with zero attached hydrogens (tertiary/aromatic N) is 3. The molecule has 4 aromatic rings. The van der Waals surface area contributed by atoms with Crippen LogP contribution in [0.1, 0.15) is 5.56 Å². The molecule has 0 bridgehead atoms. The summed E-state index contributed by atoms with van der Waals surface area (Å²) in [7, 11) is 1.76. The molecule has 0 atom stereocenters. The van der Waals surface area contributed by atoms with Gasteiger partial charge >= 0.3 is 0 Å². The third kappa shape index (κ3) is 2.60. The van der Waals surface area contributed by atoms with E-state index in [9.17, 15) is 4.79 Å². The Kier molecular flexibility index (Phi) is 4.04. The number of halogens is 1. The van der Waals surface area contributed by atoms with E-state index in [0.717, 1.165) is 21.3 Å². The summed E-state index contributed by atoms with van der Waals surface area (Å²) in [4.78, 5) is 22.2. The van der Waals surface area contributed by atoms with Gasteiger partial charge < -0.3 is 0 Å². The molecule has 4 nitrogen and oxygen atoms in total. The minimum absolute atomic E-state index is 0.0113. The van der Waals surface area contributed by atoms with Gasteiger partial charge in [-0.25, -0.2) is 4.98 Å². The summed E-state index contributed by atoms with van der Waals surface area (Å²) in [5.41, 5.74) is 1.95. The molecule has 24 heavy (non-hydrogen) atoms. The highest BCUT2D eigenvalue weighted by molar-refractivity contribution is 7.98. The first kappa shape index (κ1) is 15.6. The smallest absolute Gasteiger partial charge is 0.262 e. The Bertz CT molecular complexity index is 1120. The van der Waals surface area contributed by atoms with Gasteiger partial charge in [0, 0.05) is 29.4 Å². The topological polar surface area (TPSA) is 47.8 Å². The van der Waals surface area contributed by atoms with E-state index in [0.29, 0.717) is 21.3 Å². The maximum absolute atomic E-state index is 12.4.